The molecule has 0 spiro atoms. The first-order chi connectivity index (χ1) is 13.2. The highest BCUT2D eigenvalue weighted by atomic mass is 16.5. The van der Waals surface area contributed by atoms with E-state index in [0.29, 0.717) is 16.7 Å². The molecule has 0 aliphatic carbocycles. The Morgan fingerprint density at radius 1 is 0.963 bits per heavy atom. The van der Waals surface area contributed by atoms with Crippen LogP contribution in [0.4, 0.5) is 0 Å². The highest BCUT2D eigenvalue weighted by Gasteiger charge is 2.14. The number of aromatic nitrogens is 7. The smallest absolute Gasteiger partial charge is 0.328 e. The van der Waals surface area contributed by atoms with E-state index in [1.54, 1.807) is 24.3 Å². The number of tetrazole rings is 1. The third-order valence-corrected chi connectivity index (χ3v) is 3.81. The molecule has 2 heterocycles. The van der Waals surface area contributed by atoms with Crippen LogP contribution in [0.15, 0.2) is 59.4 Å². The van der Waals surface area contributed by atoms with Gasteiger partial charge in [-0.1, -0.05) is 35.5 Å². The molecular formula is C17H13N7O3. The van der Waals surface area contributed by atoms with Crippen LogP contribution >= 0.6 is 0 Å². The van der Waals surface area contributed by atoms with Crippen molar-refractivity contribution in [1.82, 2.24) is 35.2 Å². The summed E-state index contributed by atoms with van der Waals surface area (Å²) >= 11 is 0. The predicted octanol–water partition coefficient (Wildman–Crippen LogP) is 0.511. The van der Waals surface area contributed by atoms with Crippen LogP contribution in [0.1, 0.15) is 5.82 Å². The van der Waals surface area contributed by atoms with Gasteiger partial charge in [-0.3, -0.25) is 9.59 Å². The minimum Gasteiger partial charge on any atom is -0.456 e. The van der Waals surface area contributed by atoms with E-state index in [0.717, 1.165) is 10.4 Å². The minimum absolute atomic E-state index is 0.142. The van der Waals surface area contributed by atoms with Crippen LogP contribution in [0.5, 0.6) is 0 Å². The highest BCUT2D eigenvalue weighted by Crippen LogP contribution is 2.08. The molecule has 4 aromatic rings. The lowest BCUT2D eigenvalue weighted by Gasteiger charge is -2.07. The van der Waals surface area contributed by atoms with E-state index in [1.807, 2.05) is 30.3 Å². The molecule has 0 saturated carbocycles. The third kappa shape index (κ3) is 3.40. The summed E-state index contributed by atoms with van der Waals surface area (Å²) in [6, 6.07) is 16.0. The maximum absolute atomic E-state index is 12.4. The quantitative estimate of drug-likeness (QED) is 0.471. The molecular weight excluding hydrogens is 350 g/mol. The first-order valence-corrected chi connectivity index (χ1v) is 8.03. The van der Waals surface area contributed by atoms with Gasteiger partial charge in [-0.2, -0.15) is 9.36 Å². The summed E-state index contributed by atoms with van der Waals surface area (Å²) in [6.07, 6.45) is 0. The summed E-state index contributed by atoms with van der Waals surface area (Å²) in [7, 11) is 0. The van der Waals surface area contributed by atoms with E-state index in [2.05, 4.69) is 25.8 Å². The van der Waals surface area contributed by atoms with Crippen molar-refractivity contribution < 1.29 is 9.53 Å². The summed E-state index contributed by atoms with van der Waals surface area (Å²) in [4.78, 5) is 24.5. The molecule has 0 radical (unpaired) electrons. The van der Waals surface area contributed by atoms with Crippen LogP contribution in [-0.2, 0) is 22.7 Å². The Morgan fingerprint density at radius 2 is 1.74 bits per heavy atom. The molecule has 2 aromatic carbocycles. The molecule has 4 rings (SSSR count). The standard InChI is InChI=1S/C17H13N7O3/c25-16(10-23-17(26)13-8-4-5-9-14(13)18-21-23)27-11-15-19-20-22-24(15)12-6-2-1-3-7-12/h1-9H,10-11H2. The molecule has 0 N–H and O–H groups in total. The summed E-state index contributed by atoms with van der Waals surface area (Å²) in [5.74, 6) is -0.296. The van der Waals surface area contributed by atoms with Crippen LogP contribution in [-0.4, -0.2) is 41.2 Å². The number of para-hydroxylation sites is 1. The average molecular weight is 363 g/mol. The Labute approximate surface area is 152 Å². The molecule has 0 fully saturated rings. The summed E-state index contributed by atoms with van der Waals surface area (Å²) in [5, 5.41) is 19.4. The predicted molar refractivity (Wildman–Crippen MR) is 92.7 cm³/mol. The topological polar surface area (TPSA) is 118 Å². The van der Waals surface area contributed by atoms with Crippen molar-refractivity contribution in [3.8, 4) is 5.69 Å². The Kier molecular flexibility index (Phi) is 4.35. The number of nitrogens with zero attached hydrogens (tertiary/aromatic N) is 7. The van der Waals surface area contributed by atoms with Crippen molar-refractivity contribution in [2.75, 3.05) is 0 Å². The summed E-state index contributed by atoms with van der Waals surface area (Å²) in [6.45, 7) is -0.500. The van der Waals surface area contributed by atoms with Crippen LogP contribution in [0, 0.1) is 0 Å². The molecule has 134 valence electrons. The van der Waals surface area contributed by atoms with Gasteiger partial charge < -0.3 is 4.74 Å². The molecule has 10 heteroatoms. The number of rotatable bonds is 5. The average Bonchev–Trinajstić information content (AvgIpc) is 3.18. The van der Waals surface area contributed by atoms with E-state index in [9.17, 15) is 9.59 Å². The van der Waals surface area contributed by atoms with Gasteiger partial charge in [0.1, 0.15) is 12.1 Å². The van der Waals surface area contributed by atoms with E-state index in [1.165, 1.54) is 4.68 Å². The van der Waals surface area contributed by atoms with E-state index >= 15 is 0 Å². The van der Waals surface area contributed by atoms with Crippen LogP contribution in [0.25, 0.3) is 16.6 Å². The van der Waals surface area contributed by atoms with Crippen molar-refractivity contribution in [3.05, 3.63) is 70.8 Å². The normalized spacial score (nSPS) is 10.8. The molecule has 0 aliphatic rings. The third-order valence-electron chi connectivity index (χ3n) is 3.81. The van der Waals surface area contributed by atoms with E-state index in [-0.39, 0.29) is 13.2 Å². The van der Waals surface area contributed by atoms with Gasteiger partial charge in [0.15, 0.2) is 12.4 Å². The van der Waals surface area contributed by atoms with Gasteiger partial charge in [-0.25, -0.2) is 0 Å². The second-order valence-corrected chi connectivity index (χ2v) is 5.57. The largest absolute Gasteiger partial charge is 0.456 e. The number of fused-ring (bicyclic) bond motifs is 1. The van der Waals surface area contributed by atoms with Gasteiger partial charge in [0, 0.05) is 0 Å². The molecule has 0 unspecified atom stereocenters. The van der Waals surface area contributed by atoms with Crippen LogP contribution in [0.2, 0.25) is 0 Å². The van der Waals surface area contributed by atoms with Crippen LogP contribution < -0.4 is 5.56 Å². The number of carbonyl (C=O) groups excluding carboxylic acids is 1. The molecule has 0 amide bonds. The first kappa shape index (κ1) is 16.5. The molecule has 0 saturated heterocycles. The molecule has 27 heavy (non-hydrogen) atoms. The van der Waals surface area contributed by atoms with Gasteiger partial charge in [0.2, 0.25) is 0 Å². The monoisotopic (exact) mass is 363 g/mol. The number of esters is 1. The van der Waals surface area contributed by atoms with Crippen molar-refractivity contribution in [2.45, 2.75) is 13.2 Å². The second kappa shape index (κ2) is 7.12. The SMILES string of the molecule is O=C(Cn1nnc2ccccc2c1=O)OCc1nnnn1-c1ccccc1. The fourth-order valence-corrected chi connectivity index (χ4v) is 2.51. The number of benzene rings is 2. The number of ether oxygens (including phenoxy) is 1. The second-order valence-electron chi connectivity index (χ2n) is 5.57. The lowest BCUT2D eigenvalue weighted by Crippen LogP contribution is -2.28. The fourth-order valence-electron chi connectivity index (χ4n) is 2.51. The van der Waals surface area contributed by atoms with Gasteiger partial charge in [0.25, 0.3) is 5.56 Å². The van der Waals surface area contributed by atoms with Crippen LogP contribution in [0.3, 0.4) is 0 Å². The van der Waals surface area contributed by atoms with E-state index < -0.39 is 11.5 Å². The van der Waals surface area contributed by atoms with Gasteiger partial charge in [-0.05, 0) is 34.7 Å². The fraction of sp³-hybridized carbons (Fsp3) is 0.118. The van der Waals surface area contributed by atoms with Crippen molar-refractivity contribution in [3.63, 3.8) is 0 Å². The Bertz CT molecular complexity index is 1150. The maximum Gasteiger partial charge on any atom is 0.328 e. The minimum atomic E-state index is -0.649. The van der Waals surface area contributed by atoms with Gasteiger partial charge >= 0.3 is 5.97 Å². The number of hydrogen-bond donors (Lipinski definition) is 0. The molecule has 0 bridgehead atoms. The molecule has 10 nitrogen and oxygen atoms in total. The summed E-state index contributed by atoms with van der Waals surface area (Å²) in [5.41, 5.74) is 0.797. The van der Waals surface area contributed by atoms with Gasteiger partial charge in [-0.15, -0.1) is 10.2 Å². The van der Waals surface area contributed by atoms with Gasteiger partial charge in [0.05, 0.1) is 11.1 Å². The Hall–Kier alpha value is -3.95. The Balaban J connectivity index is 1.47. The zero-order valence-corrected chi connectivity index (χ0v) is 14.0. The lowest BCUT2D eigenvalue weighted by molar-refractivity contribution is -0.146. The molecule has 0 atom stereocenters. The zero-order chi connectivity index (χ0) is 18.6. The molecule has 0 aliphatic heterocycles. The van der Waals surface area contributed by atoms with E-state index in [4.69, 9.17) is 4.74 Å². The number of hydrogen-bond acceptors (Lipinski definition) is 8. The first-order valence-electron chi connectivity index (χ1n) is 8.03. The maximum atomic E-state index is 12.4. The molecule has 2 aromatic heterocycles. The number of carbonyl (C=O) groups is 1. The van der Waals surface area contributed by atoms with Crippen molar-refractivity contribution >= 4 is 16.9 Å². The Morgan fingerprint density at radius 3 is 2.59 bits per heavy atom. The lowest BCUT2D eigenvalue weighted by atomic mass is 10.2. The van der Waals surface area contributed by atoms with Crippen molar-refractivity contribution in [1.29, 1.82) is 0 Å². The summed E-state index contributed by atoms with van der Waals surface area (Å²) < 4.78 is 7.62. The van der Waals surface area contributed by atoms with Crippen molar-refractivity contribution in [2.24, 2.45) is 0 Å². The zero-order valence-electron chi connectivity index (χ0n) is 14.0. The highest BCUT2D eigenvalue weighted by molar-refractivity contribution is 5.77.